The van der Waals surface area contributed by atoms with Gasteiger partial charge in [-0.3, -0.25) is 9.79 Å². The molecule has 0 aromatic carbocycles. The fraction of sp³-hybridized carbons (Fsp3) is 0.867. The Bertz CT molecular complexity index is 392. The minimum absolute atomic E-state index is 0. The van der Waals surface area contributed by atoms with E-state index in [2.05, 4.69) is 27.4 Å². The maximum Gasteiger partial charge on any atom is 0.220 e. The molecule has 0 aliphatic carbocycles. The number of likely N-dealkylation sites (tertiary alicyclic amines) is 1. The van der Waals surface area contributed by atoms with E-state index in [1.54, 1.807) is 0 Å². The Hall–Kier alpha value is -0.570. The number of amides is 1. The van der Waals surface area contributed by atoms with E-state index in [9.17, 15) is 4.79 Å². The Morgan fingerprint density at radius 1 is 1.50 bits per heavy atom. The van der Waals surface area contributed by atoms with Crippen molar-refractivity contribution in [2.75, 3.05) is 45.9 Å². The summed E-state index contributed by atoms with van der Waals surface area (Å²) < 4.78 is 5.35. The molecule has 128 valence electrons. The lowest BCUT2D eigenvalue weighted by atomic mass is 9.79. The summed E-state index contributed by atoms with van der Waals surface area (Å²) in [6, 6.07) is 0. The summed E-state index contributed by atoms with van der Waals surface area (Å²) in [5, 5.41) is 6.35. The number of carbonyl (C=O) groups is 1. The SMILES string of the molecule is CCNC(=NCCOCC)N1CCCC2(CNC(=O)C2)C1.I. The van der Waals surface area contributed by atoms with Crippen LogP contribution in [0.5, 0.6) is 0 Å². The van der Waals surface area contributed by atoms with Gasteiger partial charge in [0.1, 0.15) is 0 Å². The highest BCUT2D eigenvalue weighted by Crippen LogP contribution is 2.35. The predicted octanol–water partition coefficient (Wildman–Crippen LogP) is 1.21. The zero-order chi connectivity index (χ0) is 15.1. The van der Waals surface area contributed by atoms with Gasteiger partial charge >= 0.3 is 0 Å². The molecule has 6 nitrogen and oxygen atoms in total. The van der Waals surface area contributed by atoms with Crippen molar-refractivity contribution in [1.29, 1.82) is 0 Å². The van der Waals surface area contributed by atoms with Gasteiger partial charge in [0.25, 0.3) is 0 Å². The molecule has 0 bridgehead atoms. The standard InChI is InChI=1S/C15H28N4O2.HI/c1-3-16-14(17-7-9-21-4-2)19-8-5-6-15(12-19)10-13(20)18-11-15;/h3-12H2,1-2H3,(H,16,17)(H,18,20);1H. The summed E-state index contributed by atoms with van der Waals surface area (Å²) in [6.45, 7) is 9.72. The number of hydrogen-bond donors (Lipinski definition) is 2. The van der Waals surface area contributed by atoms with E-state index in [0.29, 0.717) is 19.6 Å². The van der Waals surface area contributed by atoms with Gasteiger partial charge in [0.05, 0.1) is 13.2 Å². The number of piperidine rings is 1. The fourth-order valence-electron chi connectivity index (χ4n) is 3.22. The number of halogens is 1. The average Bonchev–Trinajstić information content (AvgIpc) is 2.83. The van der Waals surface area contributed by atoms with Crippen molar-refractivity contribution in [3.8, 4) is 0 Å². The second kappa shape index (κ2) is 9.54. The molecule has 2 aliphatic rings. The van der Waals surface area contributed by atoms with Crippen molar-refractivity contribution in [2.24, 2.45) is 10.4 Å². The highest BCUT2D eigenvalue weighted by atomic mass is 127. The number of carbonyl (C=O) groups excluding carboxylic acids is 1. The Labute approximate surface area is 150 Å². The number of nitrogens with zero attached hydrogens (tertiary/aromatic N) is 2. The van der Waals surface area contributed by atoms with Crippen molar-refractivity contribution in [2.45, 2.75) is 33.1 Å². The van der Waals surface area contributed by atoms with Gasteiger partial charge in [-0.1, -0.05) is 0 Å². The molecular weight excluding hydrogens is 395 g/mol. The third kappa shape index (κ3) is 5.26. The molecule has 2 aliphatic heterocycles. The molecule has 0 aromatic heterocycles. The van der Waals surface area contributed by atoms with E-state index in [1.165, 1.54) is 0 Å². The largest absolute Gasteiger partial charge is 0.380 e. The van der Waals surface area contributed by atoms with Crippen molar-refractivity contribution in [3.63, 3.8) is 0 Å². The van der Waals surface area contributed by atoms with Crippen LogP contribution in [0.15, 0.2) is 4.99 Å². The van der Waals surface area contributed by atoms with Gasteiger partial charge in [0, 0.05) is 44.6 Å². The van der Waals surface area contributed by atoms with Crippen LogP contribution in [-0.2, 0) is 9.53 Å². The van der Waals surface area contributed by atoms with Crippen LogP contribution in [0.1, 0.15) is 33.1 Å². The van der Waals surface area contributed by atoms with E-state index in [4.69, 9.17) is 4.74 Å². The maximum atomic E-state index is 11.6. The first-order valence-electron chi connectivity index (χ1n) is 8.07. The molecule has 7 heteroatoms. The van der Waals surface area contributed by atoms with Crippen LogP contribution in [0.4, 0.5) is 0 Å². The van der Waals surface area contributed by atoms with Gasteiger partial charge in [0.2, 0.25) is 5.91 Å². The molecule has 1 atom stereocenters. The van der Waals surface area contributed by atoms with E-state index in [1.807, 2.05) is 6.92 Å². The number of rotatable bonds is 5. The van der Waals surface area contributed by atoms with Crippen molar-refractivity contribution < 1.29 is 9.53 Å². The summed E-state index contributed by atoms with van der Waals surface area (Å²) in [4.78, 5) is 18.5. The maximum absolute atomic E-state index is 11.6. The van der Waals surface area contributed by atoms with E-state index in [0.717, 1.165) is 51.6 Å². The highest BCUT2D eigenvalue weighted by Gasteiger charge is 2.42. The van der Waals surface area contributed by atoms with Crippen molar-refractivity contribution >= 4 is 35.8 Å². The molecule has 2 heterocycles. The van der Waals surface area contributed by atoms with Crippen LogP contribution >= 0.6 is 24.0 Å². The summed E-state index contributed by atoms with van der Waals surface area (Å²) in [5.74, 6) is 1.14. The van der Waals surface area contributed by atoms with Gasteiger partial charge in [-0.15, -0.1) is 24.0 Å². The molecule has 2 rings (SSSR count). The molecule has 2 saturated heterocycles. The van der Waals surface area contributed by atoms with Crippen LogP contribution in [0.3, 0.4) is 0 Å². The lowest BCUT2D eigenvalue weighted by Gasteiger charge is -2.40. The van der Waals surface area contributed by atoms with Gasteiger partial charge in [-0.2, -0.15) is 0 Å². The number of hydrogen-bond acceptors (Lipinski definition) is 3. The Kier molecular flexibility index (Phi) is 8.45. The monoisotopic (exact) mass is 424 g/mol. The molecule has 2 N–H and O–H groups in total. The lowest BCUT2D eigenvalue weighted by Crippen LogP contribution is -2.51. The summed E-state index contributed by atoms with van der Waals surface area (Å²) in [6.07, 6.45) is 2.90. The number of aliphatic imine (C=N–C) groups is 1. The number of ether oxygens (including phenoxy) is 1. The zero-order valence-corrected chi connectivity index (χ0v) is 16.0. The third-order valence-electron chi connectivity index (χ3n) is 4.19. The normalized spacial score (nSPS) is 25.1. The van der Waals surface area contributed by atoms with E-state index in [-0.39, 0.29) is 35.3 Å². The van der Waals surface area contributed by atoms with Crippen molar-refractivity contribution in [3.05, 3.63) is 0 Å². The van der Waals surface area contributed by atoms with E-state index < -0.39 is 0 Å². The zero-order valence-electron chi connectivity index (χ0n) is 13.7. The second-order valence-corrected chi connectivity index (χ2v) is 5.91. The molecule has 0 radical (unpaired) electrons. The highest BCUT2D eigenvalue weighted by molar-refractivity contribution is 14.0. The van der Waals surface area contributed by atoms with Crippen molar-refractivity contribution in [1.82, 2.24) is 15.5 Å². The van der Waals surface area contributed by atoms with Gasteiger partial charge < -0.3 is 20.3 Å². The molecule has 1 unspecified atom stereocenters. The fourth-order valence-corrected chi connectivity index (χ4v) is 3.22. The van der Waals surface area contributed by atoms with Gasteiger partial charge in [0.15, 0.2) is 5.96 Å². The molecule has 0 aromatic rings. The molecule has 1 amide bonds. The molecule has 1 spiro atoms. The minimum atomic E-state index is 0. The van der Waals surface area contributed by atoms with Crippen LogP contribution in [0, 0.1) is 5.41 Å². The molecule has 22 heavy (non-hydrogen) atoms. The van der Waals surface area contributed by atoms with Crippen LogP contribution in [0.2, 0.25) is 0 Å². The van der Waals surface area contributed by atoms with Gasteiger partial charge in [-0.05, 0) is 26.7 Å². The topological polar surface area (TPSA) is 66.0 Å². The molecule has 0 saturated carbocycles. The first-order chi connectivity index (χ1) is 10.2. The number of guanidine groups is 1. The quantitative estimate of drug-likeness (QED) is 0.302. The second-order valence-electron chi connectivity index (χ2n) is 5.91. The summed E-state index contributed by atoms with van der Waals surface area (Å²) in [5.41, 5.74) is 0.103. The van der Waals surface area contributed by atoms with Gasteiger partial charge in [-0.25, -0.2) is 0 Å². The Balaban J connectivity index is 0.00000242. The molecular formula is C15H29IN4O2. The lowest BCUT2D eigenvalue weighted by molar-refractivity contribution is -0.119. The van der Waals surface area contributed by atoms with Crippen LogP contribution in [0.25, 0.3) is 0 Å². The summed E-state index contributed by atoms with van der Waals surface area (Å²) >= 11 is 0. The first-order valence-corrected chi connectivity index (χ1v) is 8.07. The van der Waals surface area contributed by atoms with Crippen LogP contribution in [-0.4, -0.2) is 62.7 Å². The number of nitrogens with one attached hydrogen (secondary N) is 2. The smallest absolute Gasteiger partial charge is 0.220 e. The molecule has 2 fully saturated rings. The predicted molar refractivity (Wildman–Crippen MR) is 98.8 cm³/mol. The first kappa shape index (κ1) is 19.5. The Morgan fingerprint density at radius 2 is 2.32 bits per heavy atom. The Morgan fingerprint density at radius 3 is 2.95 bits per heavy atom. The average molecular weight is 424 g/mol. The summed E-state index contributed by atoms with van der Waals surface area (Å²) in [7, 11) is 0. The minimum Gasteiger partial charge on any atom is -0.380 e. The third-order valence-corrected chi connectivity index (χ3v) is 4.19. The van der Waals surface area contributed by atoms with E-state index >= 15 is 0 Å². The van der Waals surface area contributed by atoms with Crippen LogP contribution < -0.4 is 10.6 Å².